The SMILES string of the molecule is CCS(=O)(=O)Nc1cccc(C(=O)N[C@H](C)c2ccc3ccccc3c2)c1. The lowest BCUT2D eigenvalue weighted by molar-refractivity contribution is 0.0940. The minimum Gasteiger partial charge on any atom is -0.346 e. The highest BCUT2D eigenvalue weighted by Crippen LogP contribution is 2.21. The second-order valence-electron chi connectivity index (χ2n) is 6.39. The number of rotatable bonds is 6. The molecule has 140 valence electrons. The van der Waals surface area contributed by atoms with Crippen LogP contribution in [0.3, 0.4) is 0 Å². The van der Waals surface area contributed by atoms with Gasteiger partial charge in [0.05, 0.1) is 11.8 Å². The summed E-state index contributed by atoms with van der Waals surface area (Å²) in [6, 6.07) is 20.5. The molecule has 0 spiro atoms. The summed E-state index contributed by atoms with van der Waals surface area (Å²) in [5.41, 5.74) is 1.78. The van der Waals surface area contributed by atoms with Gasteiger partial charge in [-0.3, -0.25) is 9.52 Å². The van der Waals surface area contributed by atoms with Crippen molar-refractivity contribution >= 4 is 32.4 Å². The summed E-state index contributed by atoms with van der Waals surface area (Å²) >= 11 is 0. The van der Waals surface area contributed by atoms with Gasteiger partial charge in [0, 0.05) is 11.3 Å². The number of carbonyl (C=O) groups is 1. The second-order valence-corrected chi connectivity index (χ2v) is 8.40. The molecule has 0 fully saturated rings. The summed E-state index contributed by atoms with van der Waals surface area (Å²) in [6.07, 6.45) is 0. The van der Waals surface area contributed by atoms with Gasteiger partial charge in [0.15, 0.2) is 0 Å². The van der Waals surface area contributed by atoms with E-state index in [2.05, 4.69) is 16.1 Å². The fraction of sp³-hybridized carbons (Fsp3) is 0.190. The van der Waals surface area contributed by atoms with E-state index in [1.54, 1.807) is 25.1 Å². The Morgan fingerprint density at radius 2 is 1.70 bits per heavy atom. The summed E-state index contributed by atoms with van der Waals surface area (Å²) < 4.78 is 25.9. The first kappa shape index (κ1) is 18.9. The van der Waals surface area contributed by atoms with Crippen LogP contribution < -0.4 is 10.0 Å². The van der Waals surface area contributed by atoms with Crippen molar-refractivity contribution < 1.29 is 13.2 Å². The summed E-state index contributed by atoms with van der Waals surface area (Å²) in [4.78, 5) is 12.6. The molecule has 1 atom stereocenters. The zero-order chi connectivity index (χ0) is 19.4. The molecule has 2 N–H and O–H groups in total. The van der Waals surface area contributed by atoms with Gasteiger partial charge >= 0.3 is 0 Å². The molecule has 0 aromatic heterocycles. The van der Waals surface area contributed by atoms with Crippen LogP contribution in [0.4, 0.5) is 5.69 Å². The predicted molar refractivity (Wildman–Crippen MR) is 109 cm³/mol. The van der Waals surface area contributed by atoms with E-state index in [-0.39, 0.29) is 17.7 Å². The molecule has 5 nitrogen and oxygen atoms in total. The number of hydrogen-bond donors (Lipinski definition) is 2. The fourth-order valence-corrected chi connectivity index (χ4v) is 3.45. The Kier molecular flexibility index (Phi) is 5.46. The molecule has 0 aliphatic carbocycles. The lowest BCUT2D eigenvalue weighted by Crippen LogP contribution is -2.26. The third-order valence-corrected chi connectivity index (χ3v) is 5.71. The zero-order valence-corrected chi connectivity index (χ0v) is 16.1. The second kappa shape index (κ2) is 7.80. The third kappa shape index (κ3) is 4.65. The van der Waals surface area contributed by atoms with Crippen molar-refractivity contribution in [3.8, 4) is 0 Å². The third-order valence-electron chi connectivity index (χ3n) is 4.40. The van der Waals surface area contributed by atoms with Crippen LogP contribution in [-0.2, 0) is 10.0 Å². The van der Waals surface area contributed by atoms with Crippen LogP contribution in [0.25, 0.3) is 10.8 Å². The van der Waals surface area contributed by atoms with Gasteiger partial charge in [-0.25, -0.2) is 8.42 Å². The molecular formula is C21H22N2O3S. The van der Waals surface area contributed by atoms with Crippen LogP contribution in [0.1, 0.15) is 35.8 Å². The molecule has 0 unspecified atom stereocenters. The van der Waals surface area contributed by atoms with E-state index in [1.165, 1.54) is 6.07 Å². The lowest BCUT2D eigenvalue weighted by Gasteiger charge is -2.16. The monoisotopic (exact) mass is 382 g/mol. The zero-order valence-electron chi connectivity index (χ0n) is 15.3. The van der Waals surface area contributed by atoms with E-state index in [1.807, 2.05) is 43.3 Å². The highest BCUT2D eigenvalue weighted by Gasteiger charge is 2.13. The highest BCUT2D eigenvalue weighted by atomic mass is 32.2. The molecule has 0 aliphatic rings. The first-order valence-electron chi connectivity index (χ1n) is 8.78. The highest BCUT2D eigenvalue weighted by molar-refractivity contribution is 7.92. The molecule has 3 rings (SSSR count). The molecule has 0 radical (unpaired) electrons. The Balaban J connectivity index is 1.76. The molecule has 0 heterocycles. The Bertz CT molecular complexity index is 1080. The average molecular weight is 382 g/mol. The average Bonchev–Trinajstić information content (AvgIpc) is 2.67. The maximum absolute atomic E-state index is 12.6. The van der Waals surface area contributed by atoms with Gasteiger partial charge in [-0.15, -0.1) is 0 Å². The lowest BCUT2D eigenvalue weighted by atomic mass is 10.0. The molecule has 27 heavy (non-hydrogen) atoms. The largest absolute Gasteiger partial charge is 0.346 e. The minimum absolute atomic E-state index is 0.0254. The molecule has 6 heteroatoms. The van der Waals surface area contributed by atoms with Crippen molar-refractivity contribution in [3.05, 3.63) is 77.9 Å². The predicted octanol–water partition coefficient (Wildman–Crippen LogP) is 4.09. The van der Waals surface area contributed by atoms with Crippen LogP contribution in [0.2, 0.25) is 0 Å². The van der Waals surface area contributed by atoms with Crippen LogP contribution >= 0.6 is 0 Å². The molecular weight excluding hydrogens is 360 g/mol. The van der Waals surface area contributed by atoms with Gasteiger partial charge in [0.2, 0.25) is 10.0 Å². The summed E-state index contributed by atoms with van der Waals surface area (Å²) in [5.74, 6) is -0.282. The standard InChI is InChI=1S/C21H22N2O3S/c1-3-27(25,26)23-20-10-6-9-19(14-20)21(24)22-15(2)17-12-11-16-7-4-5-8-18(16)13-17/h4-15,23H,3H2,1-2H3,(H,22,24)/t15-/m1/s1. The van der Waals surface area contributed by atoms with E-state index in [4.69, 9.17) is 0 Å². The van der Waals surface area contributed by atoms with Crippen molar-refractivity contribution in [2.75, 3.05) is 10.5 Å². The number of anilines is 1. The fourth-order valence-electron chi connectivity index (χ4n) is 2.82. The number of carbonyl (C=O) groups excluding carboxylic acids is 1. The van der Waals surface area contributed by atoms with Crippen LogP contribution in [0.5, 0.6) is 0 Å². The quantitative estimate of drug-likeness (QED) is 0.674. The van der Waals surface area contributed by atoms with Gasteiger partial charge in [-0.2, -0.15) is 0 Å². The van der Waals surface area contributed by atoms with Crippen molar-refractivity contribution in [1.29, 1.82) is 0 Å². The van der Waals surface area contributed by atoms with Crippen molar-refractivity contribution in [3.63, 3.8) is 0 Å². The number of sulfonamides is 1. The van der Waals surface area contributed by atoms with Gasteiger partial charge in [-0.1, -0.05) is 42.5 Å². The molecule has 3 aromatic carbocycles. The van der Waals surface area contributed by atoms with Crippen LogP contribution in [0, 0.1) is 0 Å². The van der Waals surface area contributed by atoms with E-state index in [0.717, 1.165) is 16.3 Å². The molecule has 0 aliphatic heterocycles. The van der Waals surface area contributed by atoms with Gasteiger partial charge in [0.25, 0.3) is 5.91 Å². The van der Waals surface area contributed by atoms with Gasteiger partial charge < -0.3 is 5.32 Å². The maximum atomic E-state index is 12.6. The normalized spacial score (nSPS) is 12.5. The first-order chi connectivity index (χ1) is 12.9. The summed E-state index contributed by atoms with van der Waals surface area (Å²) in [7, 11) is -3.38. The maximum Gasteiger partial charge on any atom is 0.251 e. The number of fused-ring (bicyclic) bond motifs is 1. The summed E-state index contributed by atoms with van der Waals surface area (Å²) in [6.45, 7) is 3.48. The van der Waals surface area contributed by atoms with Crippen molar-refractivity contribution in [2.45, 2.75) is 19.9 Å². The first-order valence-corrected chi connectivity index (χ1v) is 10.4. The Morgan fingerprint density at radius 3 is 2.44 bits per heavy atom. The number of hydrogen-bond acceptors (Lipinski definition) is 3. The van der Waals surface area contributed by atoms with Crippen molar-refractivity contribution in [2.24, 2.45) is 0 Å². The number of amides is 1. The summed E-state index contributed by atoms with van der Waals surface area (Å²) in [5, 5.41) is 5.23. The van der Waals surface area contributed by atoms with E-state index < -0.39 is 10.0 Å². The minimum atomic E-state index is -3.38. The van der Waals surface area contributed by atoms with Gasteiger partial charge in [0.1, 0.15) is 0 Å². The van der Waals surface area contributed by atoms with Crippen molar-refractivity contribution in [1.82, 2.24) is 5.32 Å². The topological polar surface area (TPSA) is 75.3 Å². The number of benzene rings is 3. The Hall–Kier alpha value is -2.86. The molecule has 0 saturated carbocycles. The Morgan fingerprint density at radius 1 is 0.963 bits per heavy atom. The molecule has 3 aromatic rings. The van der Waals surface area contributed by atoms with Crippen LogP contribution in [-0.4, -0.2) is 20.1 Å². The van der Waals surface area contributed by atoms with E-state index in [9.17, 15) is 13.2 Å². The van der Waals surface area contributed by atoms with E-state index in [0.29, 0.717) is 11.3 Å². The molecule has 1 amide bonds. The molecule has 0 bridgehead atoms. The number of nitrogens with one attached hydrogen (secondary N) is 2. The Labute approximate surface area is 159 Å². The van der Waals surface area contributed by atoms with Crippen LogP contribution in [0.15, 0.2) is 66.7 Å². The molecule has 0 saturated heterocycles. The van der Waals surface area contributed by atoms with E-state index >= 15 is 0 Å². The van der Waals surface area contributed by atoms with Gasteiger partial charge in [-0.05, 0) is 54.4 Å². The smallest absolute Gasteiger partial charge is 0.251 e.